The maximum Gasteiger partial charge on any atom is 0.387 e. The fourth-order valence-electron chi connectivity index (χ4n) is 2.64. The molecule has 0 spiro atoms. The predicted octanol–water partition coefficient (Wildman–Crippen LogP) is 3.77. The van der Waals surface area contributed by atoms with Gasteiger partial charge in [0, 0.05) is 35.8 Å². The summed E-state index contributed by atoms with van der Waals surface area (Å²) in [4.78, 5) is 8.37. The highest BCUT2D eigenvalue weighted by atomic mass is 19.3. The third kappa shape index (κ3) is 2.92. The second-order valence-corrected chi connectivity index (χ2v) is 5.43. The van der Waals surface area contributed by atoms with Crippen molar-refractivity contribution in [2.45, 2.75) is 6.61 Å². The SMILES string of the molecule is Oc1cc(-c2ccnc3cc(-c4cccnc4)nn23)ccc1OC(F)F. The number of halogens is 2. The quantitative estimate of drug-likeness (QED) is 0.604. The highest BCUT2D eigenvalue weighted by Crippen LogP contribution is 2.33. The van der Waals surface area contributed by atoms with Gasteiger partial charge in [-0.05, 0) is 36.4 Å². The van der Waals surface area contributed by atoms with Gasteiger partial charge in [-0.15, -0.1) is 0 Å². The van der Waals surface area contributed by atoms with Gasteiger partial charge in [-0.2, -0.15) is 13.9 Å². The number of rotatable bonds is 4. The number of fused-ring (bicyclic) bond motifs is 1. The van der Waals surface area contributed by atoms with Gasteiger partial charge in [-0.25, -0.2) is 9.50 Å². The Bertz CT molecular complexity index is 1070. The van der Waals surface area contributed by atoms with Crippen molar-refractivity contribution in [3.8, 4) is 34.0 Å². The van der Waals surface area contributed by atoms with E-state index in [0.29, 0.717) is 22.6 Å². The van der Waals surface area contributed by atoms with Crippen LogP contribution >= 0.6 is 0 Å². The predicted molar refractivity (Wildman–Crippen MR) is 90.0 cm³/mol. The van der Waals surface area contributed by atoms with Gasteiger partial charge >= 0.3 is 6.61 Å². The number of aromatic nitrogens is 4. The molecule has 1 N–H and O–H groups in total. The van der Waals surface area contributed by atoms with Crippen LogP contribution in [0.2, 0.25) is 0 Å². The van der Waals surface area contributed by atoms with Crippen molar-refractivity contribution in [3.05, 3.63) is 61.1 Å². The molecule has 0 amide bonds. The molecule has 3 heterocycles. The molecular formula is C18H12F2N4O2. The lowest BCUT2D eigenvalue weighted by Crippen LogP contribution is -2.02. The van der Waals surface area contributed by atoms with Gasteiger partial charge in [0.25, 0.3) is 0 Å². The van der Waals surface area contributed by atoms with Gasteiger partial charge in [0.15, 0.2) is 17.1 Å². The molecule has 0 radical (unpaired) electrons. The minimum atomic E-state index is -3.01. The highest BCUT2D eigenvalue weighted by molar-refractivity contribution is 5.69. The lowest BCUT2D eigenvalue weighted by Gasteiger charge is -2.09. The number of hydrogen-bond acceptors (Lipinski definition) is 5. The first-order valence-corrected chi connectivity index (χ1v) is 7.65. The van der Waals surface area contributed by atoms with E-state index in [1.165, 1.54) is 12.1 Å². The zero-order chi connectivity index (χ0) is 18.1. The van der Waals surface area contributed by atoms with Crippen LogP contribution in [0.15, 0.2) is 61.1 Å². The van der Waals surface area contributed by atoms with Crippen molar-refractivity contribution >= 4 is 5.65 Å². The number of ether oxygens (including phenoxy) is 1. The van der Waals surface area contributed by atoms with Gasteiger partial charge in [-0.3, -0.25) is 4.98 Å². The number of aromatic hydroxyl groups is 1. The van der Waals surface area contributed by atoms with Gasteiger partial charge in [0.1, 0.15) is 0 Å². The van der Waals surface area contributed by atoms with Crippen LogP contribution in [0.1, 0.15) is 0 Å². The summed E-state index contributed by atoms with van der Waals surface area (Å²) in [6.45, 7) is -3.01. The zero-order valence-electron chi connectivity index (χ0n) is 13.3. The molecular weight excluding hydrogens is 342 g/mol. The normalized spacial score (nSPS) is 11.2. The summed E-state index contributed by atoms with van der Waals surface area (Å²) in [7, 11) is 0. The molecule has 6 nitrogen and oxygen atoms in total. The van der Waals surface area contributed by atoms with Crippen LogP contribution < -0.4 is 4.74 Å². The van der Waals surface area contributed by atoms with Crippen LogP contribution in [0.4, 0.5) is 8.78 Å². The largest absolute Gasteiger partial charge is 0.504 e. The summed E-state index contributed by atoms with van der Waals surface area (Å²) in [6, 6.07) is 11.4. The van der Waals surface area contributed by atoms with Gasteiger partial charge in [-0.1, -0.05) is 0 Å². The molecule has 0 atom stereocenters. The third-order valence-corrected chi connectivity index (χ3v) is 3.79. The molecule has 0 saturated carbocycles. The Morgan fingerprint density at radius 3 is 2.65 bits per heavy atom. The second-order valence-electron chi connectivity index (χ2n) is 5.43. The average Bonchev–Trinajstić information content (AvgIpc) is 3.08. The van der Waals surface area contributed by atoms with E-state index < -0.39 is 6.61 Å². The summed E-state index contributed by atoms with van der Waals surface area (Å²) in [5.41, 5.74) is 3.36. The summed E-state index contributed by atoms with van der Waals surface area (Å²) in [5, 5.41) is 14.5. The Balaban J connectivity index is 1.80. The number of alkyl halides is 2. The summed E-state index contributed by atoms with van der Waals surface area (Å²) >= 11 is 0. The van der Waals surface area contributed by atoms with Crippen molar-refractivity contribution in [2.24, 2.45) is 0 Å². The van der Waals surface area contributed by atoms with Crippen molar-refractivity contribution in [1.29, 1.82) is 0 Å². The van der Waals surface area contributed by atoms with E-state index in [1.807, 2.05) is 18.2 Å². The first-order chi connectivity index (χ1) is 12.6. The van der Waals surface area contributed by atoms with Crippen LogP contribution in [-0.4, -0.2) is 31.3 Å². The Morgan fingerprint density at radius 1 is 1.04 bits per heavy atom. The molecule has 0 bridgehead atoms. The monoisotopic (exact) mass is 354 g/mol. The summed E-state index contributed by atoms with van der Waals surface area (Å²) in [5.74, 6) is -0.669. The maximum atomic E-state index is 12.3. The van der Waals surface area contributed by atoms with Crippen LogP contribution in [0, 0.1) is 0 Å². The van der Waals surface area contributed by atoms with Crippen LogP contribution in [0.25, 0.3) is 28.2 Å². The van der Waals surface area contributed by atoms with Crippen molar-refractivity contribution < 1.29 is 18.6 Å². The van der Waals surface area contributed by atoms with Gasteiger partial charge in [0.2, 0.25) is 0 Å². The summed E-state index contributed by atoms with van der Waals surface area (Å²) < 4.78 is 30.5. The lowest BCUT2D eigenvalue weighted by molar-refractivity contribution is -0.0512. The van der Waals surface area contributed by atoms with Crippen LogP contribution in [0.5, 0.6) is 11.5 Å². The molecule has 4 aromatic rings. The number of nitrogens with zero attached hydrogens (tertiary/aromatic N) is 4. The standard InChI is InChI=1S/C18H12F2N4O2/c19-18(20)26-16-4-3-11(8-15(16)25)14-5-7-22-17-9-13(23-24(14)17)12-2-1-6-21-10-12/h1-10,18,25H. The molecule has 0 aliphatic rings. The number of hydrogen-bond donors (Lipinski definition) is 1. The molecule has 130 valence electrons. The highest BCUT2D eigenvalue weighted by Gasteiger charge is 2.14. The van der Waals surface area contributed by atoms with Crippen LogP contribution in [-0.2, 0) is 0 Å². The third-order valence-electron chi connectivity index (χ3n) is 3.79. The fraction of sp³-hybridized carbons (Fsp3) is 0.0556. The first kappa shape index (κ1) is 15.9. The van der Waals surface area contributed by atoms with Crippen molar-refractivity contribution in [1.82, 2.24) is 19.6 Å². The van der Waals surface area contributed by atoms with E-state index in [2.05, 4.69) is 19.8 Å². The zero-order valence-corrected chi connectivity index (χ0v) is 13.3. The molecule has 0 unspecified atom stereocenters. The second kappa shape index (κ2) is 6.40. The molecule has 26 heavy (non-hydrogen) atoms. The van der Waals surface area contributed by atoms with E-state index >= 15 is 0 Å². The first-order valence-electron chi connectivity index (χ1n) is 7.65. The number of phenolic OH excluding ortho intramolecular Hbond substituents is 1. The molecule has 3 aromatic heterocycles. The number of pyridine rings is 1. The Kier molecular flexibility index (Phi) is 3.92. The summed E-state index contributed by atoms with van der Waals surface area (Å²) in [6.07, 6.45) is 4.98. The van der Waals surface area contributed by atoms with E-state index in [0.717, 1.165) is 5.56 Å². The van der Waals surface area contributed by atoms with Crippen LogP contribution in [0.3, 0.4) is 0 Å². The minimum absolute atomic E-state index is 0.287. The van der Waals surface area contributed by atoms with Gasteiger partial charge in [0.05, 0.1) is 11.4 Å². The van der Waals surface area contributed by atoms with Gasteiger partial charge < -0.3 is 9.84 Å². The molecule has 0 aliphatic carbocycles. The number of benzene rings is 1. The molecule has 1 aromatic carbocycles. The number of phenols is 1. The Hall–Kier alpha value is -3.55. The molecule has 0 fully saturated rings. The van der Waals surface area contributed by atoms with Crippen molar-refractivity contribution in [2.75, 3.05) is 0 Å². The van der Waals surface area contributed by atoms with E-state index in [4.69, 9.17) is 0 Å². The molecule has 0 saturated heterocycles. The topological polar surface area (TPSA) is 72.5 Å². The fourth-order valence-corrected chi connectivity index (χ4v) is 2.64. The van der Waals surface area contributed by atoms with Crippen molar-refractivity contribution in [3.63, 3.8) is 0 Å². The van der Waals surface area contributed by atoms with E-state index in [-0.39, 0.29) is 11.5 Å². The Morgan fingerprint density at radius 2 is 1.92 bits per heavy atom. The minimum Gasteiger partial charge on any atom is -0.504 e. The maximum absolute atomic E-state index is 12.3. The molecule has 8 heteroatoms. The smallest absolute Gasteiger partial charge is 0.387 e. The van der Waals surface area contributed by atoms with E-state index in [1.54, 1.807) is 35.2 Å². The lowest BCUT2D eigenvalue weighted by atomic mass is 10.1. The Labute approximate surface area is 146 Å². The molecule has 0 aliphatic heterocycles. The van der Waals surface area contributed by atoms with E-state index in [9.17, 15) is 13.9 Å². The average molecular weight is 354 g/mol. The molecule has 4 rings (SSSR count).